The summed E-state index contributed by atoms with van der Waals surface area (Å²) >= 11 is 1.84. The summed E-state index contributed by atoms with van der Waals surface area (Å²) in [5.41, 5.74) is 16.8. The molecule has 0 aliphatic heterocycles. The first-order valence-corrected chi connectivity index (χ1v) is 40.2. The van der Waals surface area contributed by atoms with Gasteiger partial charge in [-0.3, -0.25) is 0 Å². The van der Waals surface area contributed by atoms with Crippen LogP contribution in [0.2, 0.25) is 0 Å². The summed E-state index contributed by atoms with van der Waals surface area (Å²) in [4.78, 5) is 2.80. The fourth-order valence-corrected chi connectivity index (χ4v) is 11.1. The Bertz CT molecular complexity index is 2600. The molecule has 0 saturated heterocycles. The minimum atomic E-state index is -1.33. The molecule has 6 unspecified atom stereocenters. The Hall–Kier alpha value is -0.601. The van der Waals surface area contributed by atoms with Crippen LogP contribution in [0.25, 0.3) is 23.3 Å². The number of halogens is 1. The molecule has 1 heterocycles. The number of thiophene rings is 1. The number of hydrogen-bond donors (Lipinski definition) is 0. The number of benzene rings is 5. The van der Waals surface area contributed by atoms with Crippen molar-refractivity contribution in [2.45, 2.75) is 218 Å². The maximum Gasteiger partial charge on any atom is 0.371 e. The molecule has 489 valence electrons. The maximum absolute atomic E-state index is 9.71. The minimum Gasteiger partial charge on any atom is -0.496 e. The first kappa shape index (κ1) is 93.8. The molecule has 6 atom stereocenters. The second-order valence-corrected chi connectivity index (χ2v) is 28.2. The molecule has 14 heteroatoms. The fraction of sp³-hybridized carbons (Fsp3) is 0.486. The third kappa shape index (κ3) is 39.9. The normalized spacial score (nSPS) is 11.2. The van der Waals surface area contributed by atoms with E-state index in [4.69, 9.17) is 14.0 Å². The van der Waals surface area contributed by atoms with Gasteiger partial charge in [-0.05, 0) is 152 Å². The standard InChI is InChI=1S/C31H46.C19H30O2.C10H12.C8H10.C6H8S.FOP.H5P3.H4P2.H3P.Th.V/c1-5-7-9-11-13-15-21-31(22-16-14-12-10-8-6-2)29-23-25(3)17-19-27(29)28-20-18-26(4)24-30(28)31;1-6-9-11-16(8-3)14-21-19-12-15(4)18(20-5)13-17(19)10-7-2;1-3-4-10-7-5-9(2)6-8-10;1-7-3-5-8(2)6-4-7;1-5-3-4-6(2)7-5;2*1-3-2;1-2;;;/h17-20,23-24H,5-16,21-22H2,1-4H3;7,10,12-13,16H,6,8-9,11,14H2,1-5H3;3-8H,1-2H3;3-6H,1-2H3;3-4H,1-2H3;;3H,1-2H2;1-2H2;1H3;;/b;10-7+;4-3+;;;;;;;;. The van der Waals surface area contributed by atoms with Gasteiger partial charge in [0.25, 0.3) is 0 Å². The Morgan fingerprint density at radius 3 is 1.32 bits per heavy atom. The van der Waals surface area contributed by atoms with Gasteiger partial charge < -0.3 is 9.47 Å². The van der Waals surface area contributed by atoms with Crippen LogP contribution in [0.15, 0.2) is 121 Å². The zero-order valence-corrected chi connectivity index (χ0v) is 71.4. The fourth-order valence-electron chi connectivity index (χ4n) is 10.3. The van der Waals surface area contributed by atoms with Crippen LogP contribution in [0.4, 0.5) is 4.20 Å². The van der Waals surface area contributed by atoms with E-state index in [2.05, 4.69) is 240 Å². The van der Waals surface area contributed by atoms with E-state index >= 15 is 0 Å². The molecule has 0 fully saturated rings. The van der Waals surface area contributed by atoms with E-state index in [1.165, 1.54) is 170 Å². The van der Waals surface area contributed by atoms with Crippen molar-refractivity contribution in [2.75, 3.05) is 13.7 Å². The van der Waals surface area contributed by atoms with E-state index in [0.29, 0.717) is 5.92 Å². The smallest absolute Gasteiger partial charge is 0.371 e. The number of aryl methyl sites for hydroxylation is 8. The molecule has 7 rings (SSSR count). The molecule has 1 aliphatic rings. The SMILES string of the molecule is C/C=C/c1cc(OC)c(C)cc1OCC(CC)CCCC.C/C=C/c1ccc(C)cc1.CCCCCCCCC1(CCCCCCCC)c2cc(C)ccc2-c2ccc(C)cc21.Cc1ccc(C)cc1.Cc1ccc(C)s1.O=PF.P.PP.PPP.[Th].[V]. The van der Waals surface area contributed by atoms with Gasteiger partial charge in [0.1, 0.15) is 11.5 Å². The Labute approximate surface area is 603 Å². The molecule has 3 nitrogen and oxygen atoms in total. The van der Waals surface area contributed by atoms with Crippen molar-refractivity contribution in [3.63, 3.8) is 0 Å². The predicted molar refractivity (Wildman–Crippen MR) is 412 cm³/mol. The van der Waals surface area contributed by atoms with Crippen LogP contribution in [0, 0.1) is 101 Å². The molecule has 0 spiro atoms. The molecule has 0 saturated carbocycles. The second kappa shape index (κ2) is 60.1. The number of ether oxygens (including phenoxy) is 2. The van der Waals surface area contributed by atoms with Gasteiger partial charge in [0.2, 0.25) is 0 Å². The summed E-state index contributed by atoms with van der Waals surface area (Å²) < 4.78 is 29.5. The van der Waals surface area contributed by atoms with Crippen LogP contribution in [0.1, 0.15) is 223 Å². The third-order valence-electron chi connectivity index (χ3n) is 15.0. The van der Waals surface area contributed by atoms with Crippen LogP contribution in [-0.4, -0.2) is 13.7 Å². The average molecular weight is 1610 g/mol. The van der Waals surface area contributed by atoms with Crippen molar-refractivity contribution in [1.82, 2.24) is 0 Å². The third-order valence-corrected chi connectivity index (χ3v) is 15.9. The second-order valence-electron chi connectivity index (χ2n) is 22.3. The number of fused-ring (bicyclic) bond motifs is 3. The van der Waals surface area contributed by atoms with Gasteiger partial charge in [0.15, 0.2) is 0 Å². The van der Waals surface area contributed by atoms with Crippen LogP contribution >= 0.6 is 73.7 Å². The number of hydrogen-bond acceptors (Lipinski definition) is 4. The van der Waals surface area contributed by atoms with Gasteiger partial charge in [-0.1, -0.05) is 269 Å². The van der Waals surface area contributed by atoms with Crippen molar-refractivity contribution in [3.05, 3.63) is 187 Å². The molecular formula is C74H118FO3P7SThV. The number of rotatable bonds is 24. The summed E-state index contributed by atoms with van der Waals surface area (Å²) in [6.07, 6.45) is 32.4. The van der Waals surface area contributed by atoms with Crippen LogP contribution in [0.3, 0.4) is 0 Å². The zero-order chi connectivity index (χ0) is 63.8. The van der Waals surface area contributed by atoms with Crippen molar-refractivity contribution in [2.24, 2.45) is 5.92 Å². The quantitative estimate of drug-likeness (QED) is 0.0448. The molecule has 0 amide bonds. The molecule has 6 aromatic rings. The molecule has 0 bridgehead atoms. The van der Waals surface area contributed by atoms with Crippen LogP contribution in [0.5, 0.6) is 11.5 Å². The minimum absolute atomic E-state index is 0. The van der Waals surface area contributed by atoms with E-state index in [1.54, 1.807) is 18.2 Å². The van der Waals surface area contributed by atoms with Crippen LogP contribution in [-0.2, 0) is 28.5 Å². The molecule has 1 aromatic heterocycles. The largest absolute Gasteiger partial charge is 0.496 e. The van der Waals surface area contributed by atoms with E-state index in [0.717, 1.165) is 37.2 Å². The topological polar surface area (TPSA) is 35.5 Å². The van der Waals surface area contributed by atoms with Crippen LogP contribution < -0.4 is 9.47 Å². The Balaban J connectivity index is -0.000000532. The summed E-state index contributed by atoms with van der Waals surface area (Å²) in [6, 6.07) is 39.9. The van der Waals surface area contributed by atoms with Gasteiger partial charge in [-0.15, -0.1) is 51.2 Å². The first-order valence-electron chi connectivity index (χ1n) is 31.4. The molecule has 0 N–H and O–H groups in total. The number of allylic oxidation sites excluding steroid dienone is 2. The molecule has 88 heavy (non-hydrogen) atoms. The summed E-state index contributed by atoms with van der Waals surface area (Å²) in [7, 11) is 11.1. The summed E-state index contributed by atoms with van der Waals surface area (Å²) in [5.74, 6) is 2.51. The van der Waals surface area contributed by atoms with Crippen molar-refractivity contribution in [3.8, 4) is 22.6 Å². The van der Waals surface area contributed by atoms with Gasteiger partial charge in [0, 0.05) is 79.2 Å². The predicted octanol–water partition coefficient (Wildman–Crippen LogP) is 26.5. The molecule has 1 aliphatic carbocycles. The van der Waals surface area contributed by atoms with Crippen molar-refractivity contribution in [1.29, 1.82) is 0 Å². The Morgan fingerprint density at radius 2 is 0.955 bits per heavy atom. The van der Waals surface area contributed by atoms with Crippen molar-refractivity contribution < 1.29 is 76.7 Å². The monoisotopic (exact) mass is 1610 g/mol. The van der Waals surface area contributed by atoms with Gasteiger partial charge >= 0.3 is 8.77 Å². The average Bonchev–Trinajstić information content (AvgIpc) is 1.71. The van der Waals surface area contributed by atoms with E-state index in [9.17, 15) is 4.20 Å². The summed E-state index contributed by atoms with van der Waals surface area (Å²) in [5, 5.41) is 0. The first-order chi connectivity index (χ1) is 41.0. The Kier molecular flexibility index (Phi) is 64.1. The van der Waals surface area contributed by atoms with E-state index in [1.807, 2.05) is 37.3 Å². The molecule has 1 radical (unpaired) electrons. The molecular weight excluding hydrogens is 1490 g/mol. The van der Waals surface area contributed by atoms with Crippen molar-refractivity contribution >= 4 is 85.8 Å². The summed E-state index contributed by atoms with van der Waals surface area (Å²) in [6.45, 7) is 31.1. The van der Waals surface area contributed by atoms with E-state index < -0.39 is 8.77 Å². The number of unbranched alkanes of at least 4 members (excludes halogenated alkanes) is 11. The van der Waals surface area contributed by atoms with Gasteiger partial charge in [-0.2, -0.15) is 9.90 Å². The van der Waals surface area contributed by atoms with E-state index in [-0.39, 0.29) is 73.8 Å². The zero-order valence-electron chi connectivity index (χ0n) is 57.1. The van der Waals surface area contributed by atoms with Gasteiger partial charge in [-0.25, -0.2) is 4.57 Å². The van der Waals surface area contributed by atoms with Gasteiger partial charge in [0.05, 0.1) is 13.7 Å². The number of methoxy groups -OCH3 is 1. The Morgan fingerprint density at radius 1 is 0.568 bits per heavy atom. The molecule has 5 aromatic carbocycles. The maximum atomic E-state index is 9.71.